The standard InChI is InChI=1S/C43H70O14/c1-38(2)14-16-43(37(52)53-7)17-15-41(5)22(23(43)18-38)8-9-27-39(3)12-11-28(40(4,21-46)26(39)10-13-42(27,41)6)56-35-33(51)31(49)34(25(20-45)55-35)57-36-32(50)30(48)29(47)24(19-44)54-36/h8,23-36,44-51H,9-21H2,1-7H3/t23-,24+,25+,26?,27+,28-,29-,30-,31+,32+,33+,34+,35-,36-,39-,40-,41+,42+,43-/m0/s1. The first-order chi connectivity index (χ1) is 26.7. The predicted octanol–water partition coefficient (Wildman–Crippen LogP) is 1.94. The van der Waals surface area contributed by atoms with Crippen molar-refractivity contribution in [2.75, 3.05) is 26.9 Å². The van der Waals surface area contributed by atoms with Gasteiger partial charge in [0.05, 0.1) is 38.4 Å². The topological polar surface area (TPSA) is 225 Å². The first-order valence-corrected chi connectivity index (χ1v) is 21.4. The summed E-state index contributed by atoms with van der Waals surface area (Å²) in [6.45, 7) is 12.5. The van der Waals surface area contributed by atoms with Crippen LogP contribution in [0.1, 0.15) is 106 Å². The lowest BCUT2D eigenvalue weighted by Gasteiger charge is -2.71. The van der Waals surface area contributed by atoms with Gasteiger partial charge in [0.15, 0.2) is 12.6 Å². The fraction of sp³-hybridized carbons (Fsp3) is 0.930. The normalized spacial score (nSPS) is 53.4. The molecule has 2 saturated heterocycles. The van der Waals surface area contributed by atoms with Crippen LogP contribution in [0.25, 0.3) is 0 Å². The number of carbonyl (C=O) groups excluding carboxylic acids is 1. The van der Waals surface area contributed by atoms with E-state index in [9.17, 15) is 45.6 Å². The van der Waals surface area contributed by atoms with E-state index >= 15 is 0 Å². The maximum atomic E-state index is 13.6. The number of fused-ring (bicyclic) bond motifs is 7. The molecule has 4 saturated carbocycles. The molecule has 0 aromatic heterocycles. The fourth-order valence-electron chi connectivity index (χ4n) is 13.9. The van der Waals surface area contributed by atoms with Gasteiger partial charge in [-0.05, 0) is 104 Å². The van der Waals surface area contributed by atoms with Crippen molar-refractivity contribution in [3.8, 4) is 0 Å². The van der Waals surface area contributed by atoms with E-state index in [-0.39, 0.29) is 46.1 Å². The second-order valence-electron chi connectivity index (χ2n) is 20.7. The van der Waals surface area contributed by atoms with Crippen molar-refractivity contribution >= 4 is 5.97 Å². The highest BCUT2D eigenvalue weighted by Crippen LogP contribution is 2.76. The van der Waals surface area contributed by atoms with Gasteiger partial charge in [0.25, 0.3) is 0 Å². The number of ether oxygens (including phenoxy) is 5. The van der Waals surface area contributed by atoms with E-state index in [2.05, 4.69) is 40.7 Å². The largest absolute Gasteiger partial charge is 0.469 e. The van der Waals surface area contributed by atoms with Crippen molar-refractivity contribution < 1.29 is 69.3 Å². The molecule has 5 aliphatic carbocycles. The van der Waals surface area contributed by atoms with Crippen LogP contribution >= 0.6 is 0 Å². The van der Waals surface area contributed by atoms with E-state index in [1.165, 1.54) is 12.7 Å². The van der Waals surface area contributed by atoms with Crippen molar-refractivity contribution in [2.24, 2.45) is 50.2 Å². The Morgan fingerprint density at radius 3 is 2.02 bits per heavy atom. The number of carbonyl (C=O) groups is 1. The first-order valence-electron chi connectivity index (χ1n) is 21.4. The molecule has 0 aromatic rings. The lowest BCUT2D eigenvalue weighted by atomic mass is 9.33. The molecule has 57 heavy (non-hydrogen) atoms. The third-order valence-corrected chi connectivity index (χ3v) is 17.6. The Labute approximate surface area is 336 Å². The average Bonchev–Trinajstić information content (AvgIpc) is 3.18. The number of methoxy groups -OCH3 is 1. The number of hydrogen-bond donors (Lipinski definition) is 8. The summed E-state index contributed by atoms with van der Waals surface area (Å²) in [5.74, 6) is 0.444. The SMILES string of the molecule is COC(=O)[C@]12CCC(C)(C)C[C@H]1C1=CC[C@@H]3[C@@]4(C)CC[C@H](O[C@@H]5O[C@H](CO)[C@@H](O[C@@H]6O[C@H](CO)[C@H](O)[C@H](O)[C@H]6O)[C@H](O)[C@H]5O)[C@@](C)(CO)C4CC[C@@]3(C)[C@]1(C)CC2. The van der Waals surface area contributed by atoms with Gasteiger partial charge in [-0.2, -0.15) is 0 Å². The van der Waals surface area contributed by atoms with Gasteiger partial charge in [-0.15, -0.1) is 0 Å². The molecule has 19 atom stereocenters. The minimum atomic E-state index is -1.76. The van der Waals surface area contributed by atoms with Gasteiger partial charge in [0.1, 0.15) is 48.8 Å². The van der Waals surface area contributed by atoms with Crippen LogP contribution in [0.15, 0.2) is 11.6 Å². The number of aliphatic hydroxyl groups excluding tert-OH is 8. The number of allylic oxidation sites excluding steroid dienone is 2. The zero-order valence-corrected chi connectivity index (χ0v) is 34.9. The molecular weight excluding hydrogens is 740 g/mol. The Hall–Kier alpha value is -1.27. The van der Waals surface area contributed by atoms with E-state index in [0.29, 0.717) is 12.3 Å². The molecule has 326 valence electrons. The third kappa shape index (κ3) is 6.52. The van der Waals surface area contributed by atoms with Crippen LogP contribution < -0.4 is 0 Å². The lowest BCUT2D eigenvalue weighted by molar-refractivity contribution is -0.369. The highest BCUT2D eigenvalue weighted by Gasteiger charge is 2.70. The molecule has 1 unspecified atom stereocenters. The van der Waals surface area contributed by atoms with E-state index in [0.717, 1.165) is 57.8 Å². The summed E-state index contributed by atoms with van der Waals surface area (Å²) < 4.78 is 29.3. The Morgan fingerprint density at radius 1 is 0.737 bits per heavy atom. The van der Waals surface area contributed by atoms with Gasteiger partial charge in [-0.25, -0.2) is 0 Å². The van der Waals surface area contributed by atoms with Crippen molar-refractivity contribution in [3.63, 3.8) is 0 Å². The summed E-state index contributed by atoms with van der Waals surface area (Å²) in [6.07, 6.45) is -4.90. The Morgan fingerprint density at radius 2 is 1.37 bits per heavy atom. The molecule has 7 aliphatic rings. The highest BCUT2D eigenvalue weighted by molar-refractivity contribution is 5.78. The number of rotatable bonds is 8. The van der Waals surface area contributed by atoms with Crippen LogP contribution in [0.2, 0.25) is 0 Å². The predicted molar refractivity (Wildman–Crippen MR) is 204 cm³/mol. The van der Waals surface area contributed by atoms with Gasteiger partial charge < -0.3 is 64.5 Å². The highest BCUT2D eigenvalue weighted by atomic mass is 16.7. The molecule has 0 amide bonds. The van der Waals surface area contributed by atoms with Crippen LogP contribution in [0.3, 0.4) is 0 Å². The van der Waals surface area contributed by atoms with Gasteiger partial charge in [-0.1, -0.05) is 53.2 Å². The molecule has 0 radical (unpaired) electrons. The zero-order chi connectivity index (χ0) is 41.7. The molecular formula is C43H70O14. The third-order valence-electron chi connectivity index (χ3n) is 17.6. The minimum Gasteiger partial charge on any atom is -0.469 e. The second-order valence-corrected chi connectivity index (χ2v) is 20.7. The van der Waals surface area contributed by atoms with Crippen LogP contribution in [0.5, 0.6) is 0 Å². The summed E-state index contributed by atoms with van der Waals surface area (Å²) in [5, 5.41) is 84.9. The van der Waals surface area contributed by atoms with Gasteiger partial charge in [0.2, 0.25) is 0 Å². The summed E-state index contributed by atoms with van der Waals surface area (Å²) in [6, 6.07) is 0. The van der Waals surface area contributed by atoms with Crippen LogP contribution in [-0.4, -0.2) is 141 Å². The summed E-state index contributed by atoms with van der Waals surface area (Å²) in [4.78, 5) is 13.6. The minimum absolute atomic E-state index is 0.0483. The second kappa shape index (κ2) is 15.3. The van der Waals surface area contributed by atoms with Gasteiger partial charge in [0, 0.05) is 5.41 Å². The van der Waals surface area contributed by atoms with E-state index < -0.39 is 91.6 Å². The summed E-state index contributed by atoms with van der Waals surface area (Å²) in [5.41, 5.74) is 0.0345. The Kier molecular flexibility index (Phi) is 11.7. The molecule has 0 aromatic carbocycles. The molecule has 6 fully saturated rings. The van der Waals surface area contributed by atoms with Crippen molar-refractivity contribution in [1.29, 1.82) is 0 Å². The van der Waals surface area contributed by atoms with Gasteiger partial charge >= 0.3 is 5.97 Å². The number of aliphatic hydroxyl groups is 8. The van der Waals surface area contributed by atoms with E-state index in [1.807, 2.05) is 6.92 Å². The summed E-state index contributed by atoms with van der Waals surface area (Å²) in [7, 11) is 1.53. The van der Waals surface area contributed by atoms with Crippen molar-refractivity contribution in [1.82, 2.24) is 0 Å². The van der Waals surface area contributed by atoms with E-state index in [1.54, 1.807) is 0 Å². The monoisotopic (exact) mass is 810 g/mol. The van der Waals surface area contributed by atoms with E-state index in [4.69, 9.17) is 23.7 Å². The maximum absolute atomic E-state index is 13.6. The first kappa shape index (κ1) is 43.8. The molecule has 0 bridgehead atoms. The smallest absolute Gasteiger partial charge is 0.312 e. The number of esters is 1. The molecule has 7 rings (SSSR count). The zero-order valence-electron chi connectivity index (χ0n) is 34.9. The van der Waals surface area contributed by atoms with Crippen LogP contribution in [0, 0.1) is 50.2 Å². The molecule has 8 N–H and O–H groups in total. The van der Waals surface area contributed by atoms with Crippen LogP contribution in [-0.2, 0) is 28.5 Å². The van der Waals surface area contributed by atoms with Crippen molar-refractivity contribution in [3.05, 3.63) is 11.6 Å². The van der Waals surface area contributed by atoms with Crippen LogP contribution in [0.4, 0.5) is 0 Å². The lowest BCUT2D eigenvalue weighted by Crippen LogP contribution is -2.67. The molecule has 0 spiro atoms. The molecule has 14 nitrogen and oxygen atoms in total. The quantitative estimate of drug-likeness (QED) is 0.0998. The fourth-order valence-corrected chi connectivity index (χ4v) is 13.9. The summed E-state index contributed by atoms with van der Waals surface area (Å²) >= 11 is 0. The number of hydrogen-bond acceptors (Lipinski definition) is 14. The maximum Gasteiger partial charge on any atom is 0.312 e. The molecule has 2 aliphatic heterocycles. The van der Waals surface area contributed by atoms with Gasteiger partial charge in [-0.3, -0.25) is 4.79 Å². The Bertz CT molecular complexity index is 1520. The average molecular weight is 811 g/mol. The molecule has 14 heteroatoms. The Balaban J connectivity index is 1.11. The molecule has 2 heterocycles. The van der Waals surface area contributed by atoms with Crippen molar-refractivity contribution in [2.45, 2.75) is 173 Å².